The quantitative estimate of drug-likeness (QED) is 0.542. The Morgan fingerprint density at radius 1 is 1.07 bits per heavy atom. The van der Waals surface area contributed by atoms with Gasteiger partial charge in [0.2, 0.25) is 5.91 Å². The van der Waals surface area contributed by atoms with E-state index < -0.39 is 29.8 Å². The van der Waals surface area contributed by atoms with Gasteiger partial charge in [-0.25, -0.2) is 0 Å². The molecule has 4 N–H and O–H groups in total. The molecule has 1 amide bonds. The highest BCUT2D eigenvalue weighted by Gasteiger charge is 2.34. The first-order valence-corrected chi connectivity index (χ1v) is 10.2. The van der Waals surface area contributed by atoms with Gasteiger partial charge in [-0.05, 0) is 50.9 Å². The first-order chi connectivity index (χ1) is 14.5. The highest BCUT2D eigenvalue weighted by Crippen LogP contribution is 2.33. The normalized spacial score (nSPS) is 22.8. The number of aromatic amines is 1. The number of carboxylic acids is 2. The number of likely N-dealkylation sites (tertiary alicyclic amines) is 1. The zero-order chi connectivity index (χ0) is 21.3. The van der Waals surface area contributed by atoms with Gasteiger partial charge in [-0.3, -0.25) is 19.3 Å². The van der Waals surface area contributed by atoms with Crippen LogP contribution in [-0.4, -0.2) is 51.0 Å². The largest absolute Gasteiger partial charge is 0.481 e. The maximum atomic E-state index is 12.7. The lowest BCUT2D eigenvalue weighted by atomic mass is 9.82. The van der Waals surface area contributed by atoms with Crippen molar-refractivity contribution in [3.63, 3.8) is 0 Å². The number of aliphatic carboxylic acids is 2. The van der Waals surface area contributed by atoms with Gasteiger partial charge in [-0.15, -0.1) is 0 Å². The number of hydrogen-bond donors (Lipinski definition) is 4. The molecule has 158 valence electrons. The van der Waals surface area contributed by atoms with Gasteiger partial charge in [0.15, 0.2) is 0 Å². The van der Waals surface area contributed by atoms with E-state index in [-0.39, 0.29) is 5.91 Å². The number of amides is 1. The molecule has 1 aliphatic heterocycles. The zero-order valence-electron chi connectivity index (χ0n) is 16.5. The molecule has 1 aliphatic carbocycles. The molecule has 2 aromatic rings. The predicted octanol–water partition coefficient (Wildman–Crippen LogP) is 2.99. The van der Waals surface area contributed by atoms with Crippen LogP contribution < -0.4 is 5.32 Å². The second kappa shape index (κ2) is 8.31. The number of nitrogens with one attached hydrogen (secondary N) is 2. The smallest absolute Gasteiger partial charge is 0.325 e. The fraction of sp³-hybridized carbons (Fsp3) is 0.409. The highest BCUT2D eigenvalue weighted by molar-refractivity contribution is 5.98. The molecule has 1 aromatic carbocycles. The molecule has 8 nitrogen and oxygen atoms in total. The number of rotatable bonds is 6. The average Bonchev–Trinajstić information content (AvgIpc) is 3.38. The molecule has 0 unspecified atom stereocenters. The lowest BCUT2D eigenvalue weighted by molar-refractivity contribution is -0.146. The number of allylic oxidation sites excluding steroid dienone is 2. The average molecular weight is 411 g/mol. The Morgan fingerprint density at radius 2 is 1.77 bits per heavy atom. The molecular weight excluding hydrogens is 386 g/mol. The van der Waals surface area contributed by atoms with E-state index in [0.29, 0.717) is 24.1 Å². The number of carbonyl (C=O) groups is 3. The summed E-state index contributed by atoms with van der Waals surface area (Å²) in [5.41, 5.74) is 1.99. The number of carbonyl (C=O) groups excluding carboxylic acids is 1. The Bertz CT molecular complexity index is 1010. The third-order valence-corrected chi connectivity index (χ3v) is 6.10. The Hall–Kier alpha value is -3.13. The second-order valence-corrected chi connectivity index (χ2v) is 7.97. The van der Waals surface area contributed by atoms with Crippen LogP contribution in [0.25, 0.3) is 10.9 Å². The molecular formula is C22H25N3O5. The third kappa shape index (κ3) is 3.82. The van der Waals surface area contributed by atoms with Crippen molar-refractivity contribution in [2.75, 3.05) is 18.4 Å². The zero-order valence-corrected chi connectivity index (χ0v) is 16.5. The summed E-state index contributed by atoms with van der Waals surface area (Å²) in [4.78, 5) is 41.2. The fourth-order valence-electron chi connectivity index (χ4n) is 4.55. The number of fused-ring (bicyclic) bond motifs is 1. The summed E-state index contributed by atoms with van der Waals surface area (Å²) < 4.78 is 0. The van der Waals surface area contributed by atoms with E-state index in [1.54, 1.807) is 30.5 Å². The molecule has 0 spiro atoms. The summed E-state index contributed by atoms with van der Waals surface area (Å²) in [7, 11) is 0. The summed E-state index contributed by atoms with van der Waals surface area (Å²) in [5, 5.41) is 22.8. The number of carboxylic acid groups (broad SMARTS) is 2. The monoisotopic (exact) mass is 411 g/mol. The first-order valence-electron chi connectivity index (χ1n) is 10.2. The van der Waals surface area contributed by atoms with E-state index in [4.69, 9.17) is 0 Å². The summed E-state index contributed by atoms with van der Waals surface area (Å²) >= 11 is 0. The molecule has 4 rings (SSSR count). The van der Waals surface area contributed by atoms with Crippen LogP contribution in [0, 0.1) is 11.8 Å². The van der Waals surface area contributed by atoms with Gasteiger partial charge in [0.05, 0.1) is 11.8 Å². The molecule has 1 fully saturated rings. The Labute approximate surface area is 173 Å². The molecule has 2 aliphatic rings. The van der Waals surface area contributed by atoms with Gasteiger partial charge in [0.25, 0.3) is 0 Å². The van der Waals surface area contributed by atoms with Crippen molar-refractivity contribution in [3.8, 4) is 0 Å². The van der Waals surface area contributed by atoms with Crippen molar-refractivity contribution in [1.82, 2.24) is 9.88 Å². The lowest BCUT2D eigenvalue weighted by Gasteiger charge is -2.24. The molecule has 1 aromatic heterocycles. The summed E-state index contributed by atoms with van der Waals surface area (Å²) in [5.74, 6) is -3.51. The van der Waals surface area contributed by atoms with E-state index in [9.17, 15) is 24.6 Å². The Morgan fingerprint density at radius 3 is 2.43 bits per heavy atom. The van der Waals surface area contributed by atoms with Crippen molar-refractivity contribution in [2.45, 2.75) is 31.7 Å². The van der Waals surface area contributed by atoms with Crippen molar-refractivity contribution in [1.29, 1.82) is 0 Å². The van der Waals surface area contributed by atoms with Crippen LogP contribution in [0.4, 0.5) is 5.69 Å². The van der Waals surface area contributed by atoms with Crippen molar-refractivity contribution in [3.05, 3.63) is 42.1 Å². The number of hydrogen-bond acceptors (Lipinski definition) is 4. The van der Waals surface area contributed by atoms with Crippen molar-refractivity contribution >= 4 is 34.4 Å². The topological polar surface area (TPSA) is 123 Å². The van der Waals surface area contributed by atoms with Crippen LogP contribution in [0.3, 0.4) is 0 Å². The van der Waals surface area contributed by atoms with Crippen LogP contribution in [-0.2, 0) is 14.4 Å². The van der Waals surface area contributed by atoms with E-state index in [0.717, 1.165) is 36.8 Å². The molecule has 2 heterocycles. The highest BCUT2D eigenvalue weighted by atomic mass is 16.4. The standard InChI is InChI=1S/C22H25N3O5/c26-20(15-5-1-2-6-16(15)21(27)28)24-13-7-8-14-17(12-23-18(14)11-13)19(22(29)30)25-9-3-4-10-25/h1-2,7-8,11-12,15-16,19,23H,3-6,9-10H2,(H,24,26)(H,27,28)(H,29,30)/t15-,16-,19-/m1/s1. The summed E-state index contributed by atoms with van der Waals surface area (Å²) in [6.45, 7) is 1.52. The van der Waals surface area contributed by atoms with Crippen LogP contribution in [0.2, 0.25) is 0 Å². The van der Waals surface area contributed by atoms with Gasteiger partial charge in [-0.1, -0.05) is 18.2 Å². The van der Waals surface area contributed by atoms with E-state index in [1.807, 2.05) is 11.0 Å². The molecule has 0 radical (unpaired) electrons. The SMILES string of the molecule is O=C(O)[C@@H]1CC=CC[C@H]1C(=O)Nc1ccc2c([C@H](C(=O)O)N3CCCC3)c[nH]c2c1. The Balaban J connectivity index is 1.56. The summed E-state index contributed by atoms with van der Waals surface area (Å²) in [6, 6.07) is 4.59. The van der Waals surface area contributed by atoms with Gasteiger partial charge >= 0.3 is 11.9 Å². The van der Waals surface area contributed by atoms with E-state index in [2.05, 4.69) is 10.3 Å². The van der Waals surface area contributed by atoms with Crippen molar-refractivity contribution < 1.29 is 24.6 Å². The second-order valence-electron chi connectivity index (χ2n) is 7.97. The lowest BCUT2D eigenvalue weighted by Crippen LogP contribution is -2.34. The van der Waals surface area contributed by atoms with Crippen LogP contribution in [0.5, 0.6) is 0 Å². The minimum atomic E-state index is -0.967. The van der Waals surface area contributed by atoms with E-state index >= 15 is 0 Å². The minimum absolute atomic E-state index is 0.321. The maximum absolute atomic E-state index is 12.7. The molecule has 8 heteroatoms. The minimum Gasteiger partial charge on any atom is -0.481 e. The summed E-state index contributed by atoms with van der Waals surface area (Å²) in [6.07, 6.45) is 8.10. The van der Waals surface area contributed by atoms with Crippen LogP contribution >= 0.6 is 0 Å². The number of anilines is 1. The van der Waals surface area contributed by atoms with Gasteiger partial charge in [0, 0.05) is 28.4 Å². The fourth-order valence-corrected chi connectivity index (χ4v) is 4.55. The number of benzene rings is 1. The van der Waals surface area contributed by atoms with Gasteiger partial charge in [-0.2, -0.15) is 0 Å². The third-order valence-electron chi connectivity index (χ3n) is 6.10. The van der Waals surface area contributed by atoms with Crippen LogP contribution in [0.1, 0.15) is 37.3 Å². The molecule has 0 saturated carbocycles. The molecule has 1 saturated heterocycles. The van der Waals surface area contributed by atoms with Gasteiger partial charge in [0.1, 0.15) is 6.04 Å². The molecule has 3 atom stereocenters. The van der Waals surface area contributed by atoms with Crippen molar-refractivity contribution in [2.24, 2.45) is 11.8 Å². The molecule has 30 heavy (non-hydrogen) atoms. The predicted molar refractivity (Wildman–Crippen MR) is 111 cm³/mol. The van der Waals surface area contributed by atoms with E-state index in [1.165, 1.54) is 0 Å². The first kappa shape index (κ1) is 20.2. The number of nitrogens with zero attached hydrogens (tertiary/aromatic N) is 1. The number of H-pyrrole nitrogens is 1. The van der Waals surface area contributed by atoms with Gasteiger partial charge < -0.3 is 20.5 Å². The number of aromatic nitrogens is 1. The van der Waals surface area contributed by atoms with Crippen LogP contribution in [0.15, 0.2) is 36.5 Å². The molecule has 0 bridgehead atoms. The Kier molecular flexibility index (Phi) is 5.59. The maximum Gasteiger partial charge on any atom is 0.325 e.